The van der Waals surface area contributed by atoms with Crippen molar-refractivity contribution in [1.82, 2.24) is 0 Å². The van der Waals surface area contributed by atoms with Gasteiger partial charge in [0.25, 0.3) is 0 Å². The first-order chi connectivity index (χ1) is 10.0. The van der Waals surface area contributed by atoms with E-state index in [1.807, 2.05) is 27.7 Å². The Morgan fingerprint density at radius 1 is 1.00 bits per heavy atom. The monoisotopic (exact) mass is 314 g/mol. The fourth-order valence-electron chi connectivity index (χ4n) is 2.57. The number of aliphatic carboxylic acids is 1. The zero-order valence-electron chi connectivity index (χ0n) is 14.5. The number of carbonyl (C=O) groups excluding carboxylic acids is 1. The molecule has 0 amide bonds. The fourth-order valence-corrected chi connectivity index (χ4v) is 2.57. The summed E-state index contributed by atoms with van der Waals surface area (Å²) in [4.78, 5) is 22.3. The fraction of sp³-hybridized carbons (Fsp3) is 0.882. The quantitative estimate of drug-likeness (QED) is 0.728. The summed E-state index contributed by atoms with van der Waals surface area (Å²) >= 11 is 0. The maximum Gasteiger partial charge on any atom is 0.307 e. The molecule has 0 aromatic heterocycles. The number of esters is 1. The molecule has 0 aromatic carbocycles. The highest BCUT2D eigenvalue weighted by molar-refractivity contribution is 5.76. The van der Waals surface area contributed by atoms with Gasteiger partial charge in [0.05, 0.1) is 18.9 Å². The minimum absolute atomic E-state index is 0.115. The first-order valence-electron chi connectivity index (χ1n) is 8.15. The first-order valence-corrected chi connectivity index (χ1v) is 8.15. The van der Waals surface area contributed by atoms with E-state index in [0.717, 1.165) is 18.8 Å². The molecule has 1 aliphatic rings. The molecule has 0 bridgehead atoms. The van der Waals surface area contributed by atoms with Crippen LogP contribution in [0.4, 0.5) is 0 Å². The van der Waals surface area contributed by atoms with Crippen molar-refractivity contribution in [3.63, 3.8) is 0 Å². The predicted octanol–water partition coefficient (Wildman–Crippen LogP) is 3.55. The number of carbonyl (C=O) groups is 2. The second kappa shape index (κ2) is 7.44. The Balaban J connectivity index is 2.56. The van der Waals surface area contributed by atoms with Gasteiger partial charge in [0.15, 0.2) is 0 Å². The Morgan fingerprint density at radius 2 is 1.55 bits per heavy atom. The lowest BCUT2D eigenvalue weighted by molar-refractivity contribution is -0.208. The molecular formula is C17H30O5. The Labute approximate surface area is 133 Å². The zero-order valence-corrected chi connectivity index (χ0v) is 14.5. The van der Waals surface area contributed by atoms with Gasteiger partial charge < -0.3 is 14.6 Å². The van der Waals surface area contributed by atoms with Crippen molar-refractivity contribution in [3.8, 4) is 0 Å². The molecule has 1 aliphatic carbocycles. The largest absolute Gasteiger partial charge is 0.481 e. The summed E-state index contributed by atoms with van der Waals surface area (Å²) in [5, 5.41) is 8.63. The van der Waals surface area contributed by atoms with E-state index in [9.17, 15) is 9.59 Å². The van der Waals surface area contributed by atoms with Crippen LogP contribution < -0.4 is 0 Å². The molecule has 0 radical (unpaired) electrons. The van der Waals surface area contributed by atoms with Crippen LogP contribution in [0, 0.1) is 5.92 Å². The van der Waals surface area contributed by atoms with E-state index in [4.69, 9.17) is 14.6 Å². The molecular weight excluding hydrogens is 284 g/mol. The number of carboxylic acid groups (broad SMARTS) is 1. The maximum atomic E-state index is 11.8. The van der Waals surface area contributed by atoms with Crippen molar-refractivity contribution in [2.75, 3.05) is 0 Å². The van der Waals surface area contributed by atoms with Crippen molar-refractivity contribution in [2.45, 2.75) is 90.4 Å². The second-order valence-electron chi connectivity index (χ2n) is 7.39. The van der Waals surface area contributed by atoms with E-state index in [2.05, 4.69) is 6.92 Å². The van der Waals surface area contributed by atoms with Gasteiger partial charge in [0.1, 0.15) is 11.2 Å². The highest BCUT2D eigenvalue weighted by Gasteiger charge is 2.43. The van der Waals surface area contributed by atoms with Gasteiger partial charge in [0.2, 0.25) is 0 Å². The normalized spacial score (nSPS) is 23.1. The molecule has 0 spiro atoms. The first kappa shape index (κ1) is 18.9. The molecule has 0 heterocycles. The average Bonchev–Trinajstić information content (AvgIpc) is 2.38. The average molecular weight is 314 g/mol. The van der Waals surface area contributed by atoms with Gasteiger partial charge in [-0.2, -0.15) is 0 Å². The SMILES string of the molecule is CC1CCC(OC(C)(C)C(C)(C)OC(=O)CCC(=O)O)CC1. The van der Waals surface area contributed by atoms with Crippen LogP contribution >= 0.6 is 0 Å². The van der Waals surface area contributed by atoms with Gasteiger partial charge >= 0.3 is 11.9 Å². The highest BCUT2D eigenvalue weighted by atomic mass is 16.6. The van der Waals surface area contributed by atoms with Crippen LogP contribution in [-0.4, -0.2) is 34.4 Å². The lowest BCUT2D eigenvalue weighted by Crippen LogP contribution is -2.52. The summed E-state index contributed by atoms with van der Waals surface area (Å²) in [6.07, 6.45) is 4.27. The topological polar surface area (TPSA) is 72.8 Å². The van der Waals surface area contributed by atoms with E-state index < -0.39 is 23.1 Å². The number of hydrogen-bond acceptors (Lipinski definition) is 4. The minimum atomic E-state index is -0.999. The Hall–Kier alpha value is -1.10. The summed E-state index contributed by atoms with van der Waals surface area (Å²) in [5.41, 5.74) is -1.44. The van der Waals surface area contributed by atoms with Gasteiger partial charge in [-0.1, -0.05) is 6.92 Å². The van der Waals surface area contributed by atoms with Crippen LogP contribution in [0.25, 0.3) is 0 Å². The third kappa shape index (κ3) is 5.59. The number of rotatable bonds is 7. The van der Waals surface area contributed by atoms with Crippen LogP contribution in [0.2, 0.25) is 0 Å². The molecule has 128 valence electrons. The van der Waals surface area contributed by atoms with Gasteiger partial charge in [0, 0.05) is 0 Å². The van der Waals surface area contributed by atoms with Crippen LogP contribution in [0.15, 0.2) is 0 Å². The predicted molar refractivity (Wildman–Crippen MR) is 83.6 cm³/mol. The summed E-state index contributed by atoms with van der Waals surface area (Å²) in [6, 6.07) is 0. The van der Waals surface area contributed by atoms with Gasteiger partial charge in [-0.05, 0) is 59.3 Å². The van der Waals surface area contributed by atoms with Crippen LogP contribution in [-0.2, 0) is 19.1 Å². The molecule has 1 saturated carbocycles. The molecule has 0 aliphatic heterocycles. The van der Waals surface area contributed by atoms with Crippen molar-refractivity contribution in [1.29, 1.82) is 0 Å². The summed E-state index contributed by atoms with van der Waals surface area (Å²) < 4.78 is 11.7. The zero-order chi connectivity index (χ0) is 17.0. The van der Waals surface area contributed by atoms with Gasteiger partial charge in [-0.25, -0.2) is 0 Å². The molecule has 5 nitrogen and oxygen atoms in total. The Bertz CT molecular complexity index is 392. The molecule has 1 N–H and O–H groups in total. The van der Waals surface area contributed by atoms with Crippen molar-refractivity contribution in [3.05, 3.63) is 0 Å². The standard InChI is InChI=1S/C17H30O5/c1-12-6-8-13(9-7-12)21-16(2,3)17(4,5)22-15(20)11-10-14(18)19/h12-13H,6-11H2,1-5H3,(H,18,19). The lowest BCUT2D eigenvalue weighted by atomic mass is 9.85. The lowest BCUT2D eigenvalue weighted by Gasteiger charge is -2.43. The van der Waals surface area contributed by atoms with Crippen LogP contribution in [0.1, 0.15) is 73.1 Å². The maximum absolute atomic E-state index is 11.8. The van der Waals surface area contributed by atoms with Crippen LogP contribution in [0.5, 0.6) is 0 Å². The smallest absolute Gasteiger partial charge is 0.307 e. The van der Waals surface area contributed by atoms with Crippen molar-refractivity contribution >= 4 is 11.9 Å². The highest BCUT2D eigenvalue weighted by Crippen LogP contribution is 2.35. The molecule has 22 heavy (non-hydrogen) atoms. The van der Waals surface area contributed by atoms with Crippen molar-refractivity contribution in [2.24, 2.45) is 5.92 Å². The van der Waals surface area contributed by atoms with E-state index in [0.29, 0.717) is 0 Å². The molecule has 0 saturated heterocycles. The summed E-state index contributed by atoms with van der Waals surface area (Å²) in [6.45, 7) is 9.74. The summed E-state index contributed by atoms with van der Waals surface area (Å²) in [5.74, 6) is -0.743. The van der Waals surface area contributed by atoms with E-state index in [1.165, 1.54) is 12.8 Å². The Morgan fingerprint density at radius 3 is 2.05 bits per heavy atom. The molecule has 0 atom stereocenters. The summed E-state index contributed by atoms with van der Waals surface area (Å²) in [7, 11) is 0. The van der Waals surface area contributed by atoms with E-state index >= 15 is 0 Å². The third-order valence-electron chi connectivity index (χ3n) is 4.79. The number of hydrogen-bond donors (Lipinski definition) is 1. The molecule has 1 fully saturated rings. The molecule has 0 unspecified atom stereocenters. The second-order valence-corrected chi connectivity index (χ2v) is 7.39. The van der Waals surface area contributed by atoms with E-state index in [-0.39, 0.29) is 18.9 Å². The third-order valence-corrected chi connectivity index (χ3v) is 4.79. The molecule has 0 aromatic rings. The van der Waals surface area contributed by atoms with Gasteiger partial charge in [-0.3, -0.25) is 9.59 Å². The minimum Gasteiger partial charge on any atom is -0.481 e. The van der Waals surface area contributed by atoms with E-state index in [1.54, 1.807) is 0 Å². The molecule has 5 heteroatoms. The van der Waals surface area contributed by atoms with Crippen molar-refractivity contribution < 1.29 is 24.2 Å². The molecule has 1 rings (SSSR count). The number of carboxylic acids is 1. The Kier molecular flexibility index (Phi) is 6.41. The van der Waals surface area contributed by atoms with Gasteiger partial charge in [-0.15, -0.1) is 0 Å². The number of ether oxygens (including phenoxy) is 2. The van der Waals surface area contributed by atoms with Crippen LogP contribution in [0.3, 0.4) is 0 Å².